The van der Waals surface area contributed by atoms with Crippen LogP contribution in [0.25, 0.3) is 0 Å². The Kier molecular flexibility index (Phi) is 5.06. The van der Waals surface area contributed by atoms with Gasteiger partial charge in [0.15, 0.2) is 0 Å². The van der Waals surface area contributed by atoms with Gasteiger partial charge in [-0.15, -0.1) is 0 Å². The molecular formula is C17H27NO2. The lowest BCUT2D eigenvalue weighted by molar-refractivity contribution is -0.0478. The molecule has 0 spiro atoms. The third-order valence-electron chi connectivity index (χ3n) is 4.46. The Bertz CT molecular complexity index is 447. The lowest BCUT2D eigenvalue weighted by atomic mass is 9.89. The molecule has 20 heavy (non-hydrogen) atoms. The lowest BCUT2D eigenvalue weighted by Crippen LogP contribution is -2.47. The van der Waals surface area contributed by atoms with E-state index in [4.69, 9.17) is 15.2 Å². The molecule has 0 amide bonds. The summed E-state index contributed by atoms with van der Waals surface area (Å²) in [5, 5.41) is 0. The van der Waals surface area contributed by atoms with Crippen LogP contribution in [0, 0.1) is 0 Å². The molecule has 1 aromatic carbocycles. The van der Waals surface area contributed by atoms with E-state index in [2.05, 4.69) is 32.0 Å². The second kappa shape index (κ2) is 6.59. The molecule has 0 bridgehead atoms. The molecule has 0 saturated carbocycles. The van der Waals surface area contributed by atoms with Crippen LogP contribution in [0.15, 0.2) is 18.2 Å². The van der Waals surface area contributed by atoms with Crippen LogP contribution in [-0.2, 0) is 17.6 Å². The smallest absolute Gasteiger partial charge is 0.122 e. The van der Waals surface area contributed by atoms with Gasteiger partial charge in [0.05, 0.1) is 12.2 Å². The molecule has 2 rings (SSSR count). The molecule has 2 unspecified atom stereocenters. The molecule has 3 heteroatoms. The summed E-state index contributed by atoms with van der Waals surface area (Å²) in [6.07, 6.45) is 3.92. The zero-order valence-electron chi connectivity index (χ0n) is 12.9. The molecule has 1 aliphatic heterocycles. The second-order valence-electron chi connectivity index (χ2n) is 5.78. The molecule has 2 N–H and O–H groups in total. The number of hydrogen-bond acceptors (Lipinski definition) is 3. The monoisotopic (exact) mass is 277 g/mol. The number of aryl methyl sites for hydroxylation is 1. The molecule has 1 aromatic rings. The number of nitrogens with two attached hydrogens (primary N) is 1. The normalized spacial score (nSPS) is 18.2. The molecular weight excluding hydrogens is 250 g/mol. The highest BCUT2D eigenvalue weighted by molar-refractivity contribution is 5.39. The fraction of sp³-hybridized carbons (Fsp3) is 0.647. The zero-order valence-corrected chi connectivity index (χ0v) is 12.9. The Morgan fingerprint density at radius 1 is 1.40 bits per heavy atom. The van der Waals surface area contributed by atoms with Gasteiger partial charge >= 0.3 is 0 Å². The van der Waals surface area contributed by atoms with E-state index in [1.807, 2.05) is 6.92 Å². The first-order valence-corrected chi connectivity index (χ1v) is 7.73. The van der Waals surface area contributed by atoms with E-state index in [9.17, 15) is 0 Å². The Balaban J connectivity index is 1.94. The molecule has 3 nitrogen and oxygen atoms in total. The highest BCUT2D eigenvalue weighted by Crippen LogP contribution is 2.27. The molecule has 0 saturated heterocycles. The van der Waals surface area contributed by atoms with Crippen molar-refractivity contribution in [1.82, 2.24) is 0 Å². The van der Waals surface area contributed by atoms with Gasteiger partial charge < -0.3 is 15.2 Å². The fourth-order valence-corrected chi connectivity index (χ4v) is 2.82. The topological polar surface area (TPSA) is 44.5 Å². The van der Waals surface area contributed by atoms with Crippen LogP contribution in [0.3, 0.4) is 0 Å². The Morgan fingerprint density at radius 2 is 2.20 bits per heavy atom. The van der Waals surface area contributed by atoms with Crippen LogP contribution in [0.5, 0.6) is 5.75 Å². The van der Waals surface area contributed by atoms with E-state index in [-0.39, 0.29) is 11.6 Å². The van der Waals surface area contributed by atoms with Gasteiger partial charge in [-0.05, 0) is 50.3 Å². The number of ether oxygens (including phenoxy) is 2. The maximum absolute atomic E-state index is 6.36. The standard InChI is InChI=1S/C17H27NO2/c1-4-17(3,20-5-2)16(18)9-7-13-6-8-15-14(12-13)10-11-19-15/h6,8,12,16H,4-5,7,9-11,18H2,1-3H3. The van der Waals surface area contributed by atoms with Crippen molar-refractivity contribution in [3.05, 3.63) is 29.3 Å². The van der Waals surface area contributed by atoms with Crippen LogP contribution in [-0.4, -0.2) is 24.9 Å². The van der Waals surface area contributed by atoms with E-state index in [0.29, 0.717) is 6.61 Å². The Labute approximate surface area is 122 Å². The summed E-state index contributed by atoms with van der Waals surface area (Å²) in [4.78, 5) is 0. The minimum atomic E-state index is -0.214. The highest BCUT2D eigenvalue weighted by atomic mass is 16.5. The molecule has 112 valence electrons. The molecule has 2 atom stereocenters. The third kappa shape index (κ3) is 3.33. The van der Waals surface area contributed by atoms with Crippen molar-refractivity contribution in [2.45, 2.75) is 58.1 Å². The molecule has 0 fully saturated rings. The summed E-state index contributed by atoms with van der Waals surface area (Å²) in [5.74, 6) is 1.05. The van der Waals surface area contributed by atoms with Crippen LogP contribution < -0.4 is 10.5 Å². The number of rotatable bonds is 7. The average molecular weight is 277 g/mol. The first-order chi connectivity index (χ1) is 9.59. The predicted octanol–water partition coefficient (Wildman–Crippen LogP) is 3.09. The lowest BCUT2D eigenvalue weighted by Gasteiger charge is -2.34. The first kappa shape index (κ1) is 15.3. The first-order valence-electron chi connectivity index (χ1n) is 7.73. The maximum atomic E-state index is 6.36. The highest BCUT2D eigenvalue weighted by Gasteiger charge is 2.30. The van der Waals surface area contributed by atoms with Gasteiger partial charge in [-0.3, -0.25) is 0 Å². The summed E-state index contributed by atoms with van der Waals surface area (Å²) in [6, 6.07) is 6.57. The van der Waals surface area contributed by atoms with Crippen molar-refractivity contribution in [2.24, 2.45) is 5.73 Å². The summed E-state index contributed by atoms with van der Waals surface area (Å²) in [6.45, 7) is 7.83. The Hall–Kier alpha value is -1.06. The molecule has 1 heterocycles. The van der Waals surface area contributed by atoms with Crippen LogP contribution in [0.4, 0.5) is 0 Å². The van der Waals surface area contributed by atoms with Crippen LogP contribution >= 0.6 is 0 Å². The van der Waals surface area contributed by atoms with Crippen molar-refractivity contribution in [3.63, 3.8) is 0 Å². The minimum Gasteiger partial charge on any atom is -0.493 e. The van der Waals surface area contributed by atoms with Gasteiger partial charge in [0.1, 0.15) is 5.75 Å². The number of fused-ring (bicyclic) bond motifs is 1. The van der Waals surface area contributed by atoms with Crippen molar-refractivity contribution in [1.29, 1.82) is 0 Å². The largest absolute Gasteiger partial charge is 0.493 e. The van der Waals surface area contributed by atoms with Crippen molar-refractivity contribution < 1.29 is 9.47 Å². The fourth-order valence-electron chi connectivity index (χ4n) is 2.82. The van der Waals surface area contributed by atoms with E-state index >= 15 is 0 Å². The zero-order chi connectivity index (χ0) is 14.6. The van der Waals surface area contributed by atoms with Gasteiger partial charge in [0.2, 0.25) is 0 Å². The minimum absolute atomic E-state index is 0.0666. The van der Waals surface area contributed by atoms with E-state index in [1.54, 1.807) is 0 Å². The van der Waals surface area contributed by atoms with Gasteiger partial charge in [-0.1, -0.05) is 19.1 Å². The van der Waals surface area contributed by atoms with Crippen LogP contribution in [0.2, 0.25) is 0 Å². The van der Waals surface area contributed by atoms with Gasteiger partial charge in [0.25, 0.3) is 0 Å². The van der Waals surface area contributed by atoms with Gasteiger partial charge in [0, 0.05) is 19.1 Å². The molecule has 0 aliphatic carbocycles. The summed E-state index contributed by atoms with van der Waals surface area (Å²) >= 11 is 0. The number of hydrogen-bond donors (Lipinski definition) is 1. The van der Waals surface area contributed by atoms with Gasteiger partial charge in [-0.25, -0.2) is 0 Å². The second-order valence-corrected chi connectivity index (χ2v) is 5.78. The van der Waals surface area contributed by atoms with Crippen LogP contribution in [0.1, 0.15) is 44.7 Å². The van der Waals surface area contributed by atoms with Crippen molar-refractivity contribution >= 4 is 0 Å². The molecule has 1 aliphatic rings. The number of benzene rings is 1. The Morgan fingerprint density at radius 3 is 2.90 bits per heavy atom. The van der Waals surface area contributed by atoms with E-state index in [1.165, 1.54) is 11.1 Å². The maximum Gasteiger partial charge on any atom is 0.122 e. The summed E-state index contributed by atoms with van der Waals surface area (Å²) in [7, 11) is 0. The SMILES string of the molecule is CCOC(C)(CC)C(N)CCc1ccc2c(c1)CCO2. The summed E-state index contributed by atoms with van der Waals surface area (Å²) in [5.41, 5.74) is 8.83. The predicted molar refractivity (Wildman–Crippen MR) is 82.3 cm³/mol. The quantitative estimate of drug-likeness (QED) is 0.833. The van der Waals surface area contributed by atoms with E-state index < -0.39 is 0 Å². The average Bonchev–Trinajstić information content (AvgIpc) is 2.92. The van der Waals surface area contributed by atoms with Crippen molar-refractivity contribution in [2.75, 3.05) is 13.2 Å². The summed E-state index contributed by atoms with van der Waals surface area (Å²) < 4.78 is 11.4. The molecule has 0 radical (unpaired) electrons. The van der Waals surface area contributed by atoms with E-state index in [0.717, 1.165) is 38.0 Å². The van der Waals surface area contributed by atoms with Gasteiger partial charge in [-0.2, -0.15) is 0 Å². The van der Waals surface area contributed by atoms with Crippen molar-refractivity contribution in [3.8, 4) is 5.75 Å². The third-order valence-corrected chi connectivity index (χ3v) is 4.46. The molecule has 0 aromatic heterocycles.